The molecule has 0 bridgehead atoms. The van der Waals surface area contributed by atoms with Gasteiger partial charge >= 0.3 is 5.97 Å². The molecule has 1 aromatic rings. The molecule has 110 valence electrons. The van der Waals surface area contributed by atoms with Crippen LogP contribution in [-0.4, -0.2) is 24.1 Å². The number of carbonyl (C=O) groups is 2. The molecule has 0 aliphatic heterocycles. The summed E-state index contributed by atoms with van der Waals surface area (Å²) < 4.78 is 4.87. The van der Waals surface area contributed by atoms with Crippen LogP contribution < -0.4 is 0 Å². The van der Waals surface area contributed by atoms with E-state index >= 15 is 0 Å². The maximum absolute atomic E-state index is 11.9. The molecule has 0 radical (unpaired) electrons. The summed E-state index contributed by atoms with van der Waals surface area (Å²) in [6.07, 6.45) is 0.988. The molecule has 0 fully saturated rings. The van der Waals surface area contributed by atoms with Gasteiger partial charge in [-0.3, -0.25) is 9.59 Å². The SMILES string of the molecule is CCOC(=O)CCSc1ccc(C(=O)CC(C)C)cc1. The Kier molecular flexibility index (Phi) is 7.37. The lowest BCUT2D eigenvalue weighted by molar-refractivity contribution is -0.142. The Balaban J connectivity index is 2.42. The van der Waals surface area contributed by atoms with Crippen molar-refractivity contribution in [2.24, 2.45) is 5.92 Å². The number of hydrogen-bond acceptors (Lipinski definition) is 4. The normalized spacial score (nSPS) is 10.6. The van der Waals surface area contributed by atoms with Crippen LogP contribution in [0.5, 0.6) is 0 Å². The molecule has 0 aromatic heterocycles. The zero-order valence-corrected chi connectivity index (χ0v) is 13.2. The number of rotatable bonds is 8. The Morgan fingerprint density at radius 3 is 2.40 bits per heavy atom. The van der Waals surface area contributed by atoms with Gasteiger partial charge in [-0.05, 0) is 25.0 Å². The van der Waals surface area contributed by atoms with Gasteiger partial charge in [-0.25, -0.2) is 0 Å². The van der Waals surface area contributed by atoms with Crippen molar-refractivity contribution in [3.8, 4) is 0 Å². The summed E-state index contributed by atoms with van der Waals surface area (Å²) in [5, 5.41) is 0. The van der Waals surface area contributed by atoms with Gasteiger partial charge < -0.3 is 4.74 Å². The van der Waals surface area contributed by atoms with Gasteiger partial charge in [-0.15, -0.1) is 11.8 Å². The van der Waals surface area contributed by atoms with Crippen molar-refractivity contribution in [1.82, 2.24) is 0 Å². The van der Waals surface area contributed by atoms with E-state index in [0.29, 0.717) is 31.1 Å². The first-order chi connectivity index (χ1) is 9.52. The van der Waals surface area contributed by atoms with Crippen molar-refractivity contribution in [1.29, 1.82) is 0 Å². The molecule has 0 atom stereocenters. The topological polar surface area (TPSA) is 43.4 Å². The van der Waals surface area contributed by atoms with Gasteiger partial charge in [0.15, 0.2) is 5.78 Å². The third-order valence-electron chi connectivity index (χ3n) is 2.65. The van der Waals surface area contributed by atoms with Crippen molar-refractivity contribution < 1.29 is 14.3 Å². The molecular formula is C16H22O3S. The monoisotopic (exact) mass is 294 g/mol. The highest BCUT2D eigenvalue weighted by molar-refractivity contribution is 7.99. The summed E-state index contributed by atoms with van der Waals surface area (Å²) in [4.78, 5) is 24.1. The van der Waals surface area contributed by atoms with E-state index < -0.39 is 0 Å². The Labute approximate surface area is 125 Å². The summed E-state index contributed by atoms with van der Waals surface area (Å²) >= 11 is 1.60. The smallest absolute Gasteiger partial charge is 0.306 e. The second-order valence-corrected chi connectivity index (χ2v) is 6.12. The fourth-order valence-electron chi connectivity index (χ4n) is 1.71. The Bertz CT molecular complexity index is 438. The van der Waals surface area contributed by atoms with Crippen LogP contribution in [0.1, 0.15) is 44.0 Å². The molecule has 0 unspecified atom stereocenters. The molecule has 0 heterocycles. The van der Waals surface area contributed by atoms with Crippen LogP contribution in [0, 0.1) is 5.92 Å². The van der Waals surface area contributed by atoms with Gasteiger partial charge in [0.1, 0.15) is 0 Å². The first-order valence-corrected chi connectivity index (χ1v) is 7.93. The van der Waals surface area contributed by atoms with Gasteiger partial charge in [0.2, 0.25) is 0 Å². The second-order valence-electron chi connectivity index (χ2n) is 4.95. The maximum Gasteiger partial charge on any atom is 0.306 e. The fraction of sp³-hybridized carbons (Fsp3) is 0.500. The molecule has 20 heavy (non-hydrogen) atoms. The standard InChI is InChI=1S/C16H22O3S/c1-4-19-16(18)9-10-20-14-7-5-13(6-8-14)15(17)11-12(2)3/h5-8,12H,4,9-11H2,1-3H3. The van der Waals surface area contributed by atoms with E-state index in [9.17, 15) is 9.59 Å². The van der Waals surface area contributed by atoms with E-state index in [1.807, 2.05) is 38.1 Å². The molecule has 0 N–H and O–H groups in total. The molecule has 4 heteroatoms. The molecule has 0 aliphatic rings. The Hall–Kier alpha value is -1.29. The molecule has 0 saturated carbocycles. The van der Waals surface area contributed by atoms with Crippen molar-refractivity contribution in [2.45, 2.75) is 38.5 Å². The lowest BCUT2D eigenvalue weighted by Crippen LogP contribution is -2.04. The average Bonchev–Trinajstić information content (AvgIpc) is 2.39. The van der Waals surface area contributed by atoms with Crippen LogP contribution >= 0.6 is 11.8 Å². The number of carbonyl (C=O) groups excluding carboxylic acids is 2. The van der Waals surface area contributed by atoms with Crippen LogP contribution in [0.25, 0.3) is 0 Å². The lowest BCUT2D eigenvalue weighted by Gasteiger charge is -2.05. The van der Waals surface area contributed by atoms with Crippen LogP contribution in [0.3, 0.4) is 0 Å². The number of ether oxygens (including phenoxy) is 1. The quantitative estimate of drug-likeness (QED) is 0.413. The number of hydrogen-bond donors (Lipinski definition) is 0. The van der Waals surface area contributed by atoms with Crippen LogP contribution in [0.4, 0.5) is 0 Å². The van der Waals surface area contributed by atoms with Crippen molar-refractivity contribution in [2.75, 3.05) is 12.4 Å². The van der Waals surface area contributed by atoms with Crippen molar-refractivity contribution >= 4 is 23.5 Å². The third-order valence-corrected chi connectivity index (χ3v) is 3.66. The van der Waals surface area contributed by atoms with Crippen LogP contribution in [0.15, 0.2) is 29.2 Å². The minimum Gasteiger partial charge on any atom is -0.466 e. The molecular weight excluding hydrogens is 272 g/mol. The Morgan fingerprint density at radius 2 is 1.85 bits per heavy atom. The summed E-state index contributed by atoms with van der Waals surface area (Å²) in [6.45, 7) is 6.31. The minimum atomic E-state index is -0.163. The summed E-state index contributed by atoms with van der Waals surface area (Å²) in [5.74, 6) is 1.09. The zero-order valence-electron chi connectivity index (χ0n) is 12.3. The van der Waals surface area contributed by atoms with E-state index in [0.717, 1.165) is 10.5 Å². The number of esters is 1. The predicted octanol–water partition coefficient (Wildman–Crippen LogP) is 3.96. The lowest BCUT2D eigenvalue weighted by atomic mass is 10.0. The number of thioether (sulfide) groups is 1. The first kappa shape index (κ1) is 16.8. The summed E-state index contributed by atoms with van der Waals surface area (Å²) in [6, 6.07) is 7.58. The number of Topliss-reactive ketones (excluding diaryl/α,β-unsaturated/α-hetero) is 1. The predicted molar refractivity (Wildman–Crippen MR) is 82.2 cm³/mol. The van der Waals surface area contributed by atoms with E-state index in [1.54, 1.807) is 18.7 Å². The molecule has 0 spiro atoms. The van der Waals surface area contributed by atoms with Gasteiger partial charge in [-0.1, -0.05) is 26.0 Å². The highest BCUT2D eigenvalue weighted by Gasteiger charge is 2.08. The van der Waals surface area contributed by atoms with Crippen LogP contribution in [0.2, 0.25) is 0 Å². The molecule has 3 nitrogen and oxygen atoms in total. The van der Waals surface area contributed by atoms with E-state index in [2.05, 4.69) is 0 Å². The molecule has 0 aliphatic carbocycles. The third kappa shape index (κ3) is 6.24. The molecule has 1 rings (SSSR count). The molecule has 1 aromatic carbocycles. The molecule has 0 amide bonds. The van der Waals surface area contributed by atoms with Crippen molar-refractivity contribution in [3.05, 3.63) is 29.8 Å². The summed E-state index contributed by atoms with van der Waals surface area (Å²) in [5.41, 5.74) is 0.758. The second kappa shape index (κ2) is 8.80. The minimum absolute atomic E-state index is 0.163. The first-order valence-electron chi connectivity index (χ1n) is 6.94. The highest BCUT2D eigenvalue weighted by atomic mass is 32.2. The average molecular weight is 294 g/mol. The number of ketones is 1. The fourth-order valence-corrected chi connectivity index (χ4v) is 2.54. The van der Waals surface area contributed by atoms with Gasteiger partial charge in [0.25, 0.3) is 0 Å². The molecule has 0 saturated heterocycles. The Morgan fingerprint density at radius 1 is 1.20 bits per heavy atom. The maximum atomic E-state index is 11.9. The van der Waals surface area contributed by atoms with Gasteiger partial charge in [0, 0.05) is 22.6 Å². The van der Waals surface area contributed by atoms with E-state index in [-0.39, 0.29) is 11.8 Å². The number of benzene rings is 1. The van der Waals surface area contributed by atoms with Crippen LogP contribution in [-0.2, 0) is 9.53 Å². The van der Waals surface area contributed by atoms with Crippen molar-refractivity contribution in [3.63, 3.8) is 0 Å². The van der Waals surface area contributed by atoms with Gasteiger partial charge in [0.05, 0.1) is 13.0 Å². The van der Waals surface area contributed by atoms with E-state index in [1.165, 1.54) is 0 Å². The zero-order chi connectivity index (χ0) is 15.0. The van der Waals surface area contributed by atoms with Gasteiger partial charge in [-0.2, -0.15) is 0 Å². The largest absolute Gasteiger partial charge is 0.466 e. The van der Waals surface area contributed by atoms with E-state index in [4.69, 9.17) is 4.74 Å². The highest BCUT2D eigenvalue weighted by Crippen LogP contribution is 2.20. The summed E-state index contributed by atoms with van der Waals surface area (Å²) in [7, 11) is 0.